The minimum absolute atomic E-state index is 0.146. The molecule has 1 rings (SSSR count). The van der Waals surface area contributed by atoms with E-state index in [-0.39, 0.29) is 5.91 Å². The lowest BCUT2D eigenvalue weighted by Crippen LogP contribution is -2.43. The first-order valence-corrected chi connectivity index (χ1v) is 6.25. The van der Waals surface area contributed by atoms with Gasteiger partial charge in [-0.25, -0.2) is 0 Å². The van der Waals surface area contributed by atoms with E-state index in [0.717, 1.165) is 18.5 Å². The van der Waals surface area contributed by atoms with Crippen molar-refractivity contribution in [3.8, 4) is 0 Å². The van der Waals surface area contributed by atoms with Crippen LogP contribution in [-0.2, 0) is 4.79 Å². The van der Waals surface area contributed by atoms with E-state index in [2.05, 4.69) is 0 Å². The van der Waals surface area contributed by atoms with Gasteiger partial charge in [0.25, 0.3) is 0 Å². The third kappa shape index (κ3) is 3.08. The second-order valence-electron chi connectivity index (χ2n) is 4.84. The Morgan fingerprint density at radius 2 is 2.12 bits per heavy atom. The van der Waals surface area contributed by atoms with Crippen molar-refractivity contribution < 1.29 is 4.79 Å². The molecule has 2 atom stereocenters. The number of allylic oxidation sites excluding steroid dienone is 1. The fraction of sp³-hybridized carbons (Fsp3) is 0.769. The van der Waals surface area contributed by atoms with E-state index in [4.69, 9.17) is 5.73 Å². The predicted molar refractivity (Wildman–Crippen MR) is 67.0 cm³/mol. The summed E-state index contributed by atoms with van der Waals surface area (Å²) in [6, 6.07) is 0.359. The van der Waals surface area contributed by atoms with Crippen LogP contribution in [0.1, 0.15) is 40.0 Å². The third-order valence-corrected chi connectivity index (χ3v) is 3.36. The van der Waals surface area contributed by atoms with Gasteiger partial charge in [-0.05, 0) is 46.1 Å². The second kappa shape index (κ2) is 6.04. The highest BCUT2D eigenvalue weighted by atomic mass is 16.2. The fourth-order valence-corrected chi connectivity index (χ4v) is 2.59. The first kappa shape index (κ1) is 13.2. The smallest absolute Gasteiger partial charge is 0.246 e. The van der Waals surface area contributed by atoms with Crippen LogP contribution in [0.4, 0.5) is 0 Å². The number of rotatable bonds is 4. The van der Waals surface area contributed by atoms with Crippen LogP contribution in [0.15, 0.2) is 11.6 Å². The summed E-state index contributed by atoms with van der Waals surface area (Å²) in [5.41, 5.74) is 6.83. The Labute approximate surface area is 98.7 Å². The maximum Gasteiger partial charge on any atom is 0.246 e. The van der Waals surface area contributed by atoms with Crippen molar-refractivity contribution in [3.05, 3.63) is 11.6 Å². The maximum absolute atomic E-state index is 12.0. The zero-order valence-corrected chi connectivity index (χ0v) is 10.7. The van der Waals surface area contributed by atoms with Gasteiger partial charge in [-0.2, -0.15) is 0 Å². The average Bonchev–Trinajstić information content (AvgIpc) is 2.66. The molecule has 16 heavy (non-hydrogen) atoms. The van der Waals surface area contributed by atoms with Crippen molar-refractivity contribution in [3.63, 3.8) is 0 Å². The largest absolute Gasteiger partial charge is 0.336 e. The molecule has 0 bridgehead atoms. The van der Waals surface area contributed by atoms with Crippen LogP contribution < -0.4 is 5.73 Å². The normalized spacial score (nSPS) is 24.2. The Kier molecular flexibility index (Phi) is 5.00. The Bertz CT molecular complexity index is 269. The average molecular weight is 224 g/mol. The van der Waals surface area contributed by atoms with Crippen molar-refractivity contribution >= 4 is 5.91 Å². The van der Waals surface area contributed by atoms with Gasteiger partial charge in [0, 0.05) is 18.7 Å². The van der Waals surface area contributed by atoms with Crippen LogP contribution in [0.2, 0.25) is 0 Å². The number of nitrogens with two attached hydrogens (primary N) is 1. The number of carbonyl (C=O) groups is 1. The van der Waals surface area contributed by atoms with Crippen LogP contribution >= 0.6 is 0 Å². The van der Waals surface area contributed by atoms with E-state index < -0.39 is 0 Å². The Hall–Kier alpha value is -0.830. The van der Waals surface area contributed by atoms with Gasteiger partial charge in [-0.15, -0.1) is 0 Å². The molecule has 1 aliphatic carbocycles. The van der Waals surface area contributed by atoms with Crippen LogP contribution in [0.5, 0.6) is 0 Å². The van der Waals surface area contributed by atoms with E-state index in [1.807, 2.05) is 25.7 Å². The zero-order chi connectivity index (χ0) is 12.1. The molecule has 0 saturated heterocycles. The molecule has 0 aromatic heterocycles. The van der Waals surface area contributed by atoms with E-state index in [9.17, 15) is 4.79 Å². The van der Waals surface area contributed by atoms with Gasteiger partial charge in [0.1, 0.15) is 0 Å². The quantitative estimate of drug-likeness (QED) is 0.742. The molecule has 1 fully saturated rings. The summed E-state index contributed by atoms with van der Waals surface area (Å²) in [6.45, 7) is 7.44. The van der Waals surface area contributed by atoms with Crippen LogP contribution in [0, 0.1) is 5.92 Å². The molecular weight excluding hydrogens is 200 g/mol. The number of carbonyl (C=O) groups excluding carboxylic acids is 1. The molecule has 92 valence electrons. The highest BCUT2D eigenvalue weighted by Crippen LogP contribution is 2.29. The standard InChI is InChI=1S/C13H24N2O/c1-4-15(13(16)8-10(2)3)12-7-5-6-11(12)9-14/h8,11-12H,4-7,9,14H2,1-3H3. The lowest BCUT2D eigenvalue weighted by molar-refractivity contribution is -0.128. The summed E-state index contributed by atoms with van der Waals surface area (Å²) in [7, 11) is 0. The molecule has 1 saturated carbocycles. The molecule has 0 aliphatic heterocycles. The molecule has 0 aromatic carbocycles. The van der Waals surface area contributed by atoms with Crippen molar-refractivity contribution in [1.82, 2.24) is 4.90 Å². The second-order valence-corrected chi connectivity index (χ2v) is 4.84. The zero-order valence-electron chi connectivity index (χ0n) is 10.7. The minimum Gasteiger partial charge on any atom is -0.336 e. The van der Waals surface area contributed by atoms with E-state index >= 15 is 0 Å². The van der Waals surface area contributed by atoms with E-state index in [1.165, 1.54) is 12.8 Å². The molecule has 0 heterocycles. The molecule has 1 aliphatic rings. The third-order valence-electron chi connectivity index (χ3n) is 3.36. The molecule has 0 radical (unpaired) electrons. The van der Waals surface area contributed by atoms with Crippen molar-refractivity contribution in [2.24, 2.45) is 11.7 Å². The molecular formula is C13H24N2O. The lowest BCUT2D eigenvalue weighted by atomic mass is 10.0. The predicted octanol–water partition coefficient (Wildman–Crippen LogP) is 1.93. The minimum atomic E-state index is 0.146. The number of nitrogens with zero attached hydrogens (tertiary/aromatic N) is 1. The fourth-order valence-electron chi connectivity index (χ4n) is 2.59. The van der Waals surface area contributed by atoms with Gasteiger partial charge in [0.15, 0.2) is 0 Å². The number of hydrogen-bond acceptors (Lipinski definition) is 2. The van der Waals surface area contributed by atoms with Gasteiger partial charge < -0.3 is 10.6 Å². The van der Waals surface area contributed by atoms with Crippen LogP contribution in [-0.4, -0.2) is 29.9 Å². The monoisotopic (exact) mass is 224 g/mol. The number of hydrogen-bond donors (Lipinski definition) is 1. The van der Waals surface area contributed by atoms with Gasteiger partial charge in [-0.3, -0.25) is 4.79 Å². The highest BCUT2D eigenvalue weighted by molar-refractivity contribution is 5.88. The van der Waals surface area contributed by atoms with Crippen LogP contribution in [0.25, 0.3) is 0 Å². The summed E-state index contributed by atoms with van der Waals surface area (Å²) >= 11 is 0. The highest BCUT2D eigenvalue weighted by Gasteiger charge is 2.32. The Morgan fingerprint density at radius 3 is 2.62 bits per heavy atom. The Morgan fingerprint density at radius 1 is 1.44 bits per heavy atom. The van der Waals surface area contributed by atoms with Crippen LogP contribution in [0.3, 0.4) is 0 Å². The van der Waals surface area contributed by atoms with Gasteiger partial charge in [0.05, 0.1) is 0 Å². The van der Waals surface area contributed by atoms with Gasteiger partial charge in [0.2, 0.25) is 5.91 Å². The van der Waals surface area contributed by atoms with Gasteiger partial charge in [-0.1, -0.05) is 12.0 Å². The summed E-state index contributed by atoms with van der Waals surface area (Å²) < 4.78 is 0. The number of amides is 1. The number of likely N-dealkylation sites (N-methyl/N-ethyl adjacent to an activating group) is 1. The van der Waals surface area contributed by atoms with E-state index in [1.54, 1.807) is 6.08 Å². The lowest BCUT2D eigenvalue weighted by Gasteiger charge is -2.31. The van der Waals surface area contributed by atoms with Crippen molar-refractivity contribution in [2.45, 2.75) is 46.1 Å². The molecule has 1 amide bonds. The Balaban J connectivity index is 2.73. The summed E-state index contributed by atoms with van der Waals surface area (Å²) in [5, 5.41) is 0. The molecule has 0 spiro atoms. The van der Waals surface area contributed by atoms with Crippen molar-refractivity contribution in [1.29, 1.82) is 0 Å². The first-order valence-electron chi connectivity index (χ1n) is 6.25. The SMILES string of the molecule is CCN(C(=O)C=C(C)C)C1CCCC1CN. The first-order chi connectivity index (χ1) is 7.60. The summed E-state index contributed by atoms with van der Waals surface area (Å²) in [5.74, 6) is 0.641. The summed E-state index contributed by atoms with van der Waals surface area (Å²) in [4.78, 5) is 14.0. The van der Waals surface area contributed by atoms with E-state index in [0.29, 0.717) is 18.5 Å². The molecule has 2 unspecified atom stereocenters. The molecule has 3 nitrogen and oxygen atoms in total. The topological polar surface area (TPSA) is 46.3 Å². The molecule has 0 aromatic rings. The molecule has 2 N–H and O–H groups in total. The molecule has 3 heteroatoms. The summed E-state index contributed by atoms with van der Waals surface area (Å²) in [6.07, 6.45) is 5.21. The van der Waals surface area contributed by atoms with Gasteiger partial charge >= 0.3 is 0 Å². The maximum atomic E-state index is 12.0. The van der Waals surface area contributed by atoms with Crippen molar-refractivity contribution in [2.75, 3.05) is 13.1 Å².